The van der Waals surface area contributed by atoms with Crippen molar-refractivity contribution in [2.45, 2.75) is 6.54 Å². The average Bonchev–Trinajstić information content (AvgIpc) is 2.91. The maximum atomic E-state index is 13.6. The number of benzene rings is 1. The lowest BCUT2D eigenvalue weighted by atomic mass is 10.2. The van der Waals surface area contributed by atoms with E-state index in [4.69, 9.17) is 16.6 Å². The Labute approximate surface area is 185 Å². The number of rotatable bonds is 6. The molecule has 0 fully saturated rings. The Kier molecular flexibility index (Phi) is 6.02. The maximum Gasteiger partial charge on any atom is 0.262 e. The van der Waals surface area contributed by atoms with Crippen LogP contribution in [0.15, 0.2) is 74.7 Å². The van der Waals surface area contributed by atoms with Crippen molar-refractivity contribution >= 4 is 40.3 Å². The van der Waals surface area contributed by atoms with Crippen LogP contribution >= 0.6 is 23.4 Å². The predicted octanol–water partition coefficient (Wildman–Crippen LogP) is 4.20. The second kappa shape index (κ2) is 8.70. The summed E-state index contributed by atoms with van der Waals surface area (Å²) in [5.74, 6) is 0.760. The molecule has 154 valence electrons. The van der Waals surface area contributed by atoms with Crippen LogP contribution in [-0.2, 0) is 18.4 Å². The first-order valence-electron chi connectivity index (χ1n) is 9.72. The van der Waals surface area contributed by atoms with Gasteiger partial charge in [-0.3, -0.25) is 4.79 Å². The van der Waals surface area contributed by atoms with Crippen molar-refractivity contribution < 1.29 is 4.79 Å². The van der Waals surface area contributed by atoms with Gasteiger partial charge in [-0.1, -0.05) is 53.4 Å². The molecule has 2 bridgehead atoms. The number of carbonyl (C=O) groups is 1. The van der Waals surface area contributed by atoms with E-state index < -0.39 is 0 Å². The molecule has 0 saturated carbocycles. The molecule has 2 aromatic rings. The molecule has 0 N–H and O–H groups in total. The first-order valence-corrected chi connectivity index (χ1v) is 10.9. The fraction of sp³-hybridized carbons (Fsp3) is 0.261. The summed E-state index contributed by atoms with van der Waals surface area (Å²) in [6, 6.07) is 8.00. The molecule has 2 heterocycles. The lowest BCUT2D eigenvalue weighted by Gasteiger charge is -2.26. The molecule has 0 unspecified atom stereocenters. The number of fused-ring (bicyclic) bond motifs is 1. The largest absolute Gasteiger partial charge is 0.330 e. The molecule has 5 nitrogen and oxygen atoms in total. The maximum absolute atomic E-state index is 13.6. The Morgan fingerprint density at radius 2 is 1.97 bits per heavy atom. The van der Waals surface area contributed by atoms with E-state index in [0.29, 0.717) is 23.0 Å². The minimum Gasteiger partial charge on any atom is -0.330 e. The highest BCUT2D eigenvalue weighted by molar-refractivity contribution is 8.07. The van der Waals surface area contributed by atoms with Crippen molar-refractivity contribution in [3.8, 4) is 0 Å². The fourth-order valence-corrected chi connectivity index (χ4v) is 4.59. The number of amides is 1. The molecule has 0 spiro atoms. The smallest absolute Gasteiger partial charge is 0.262 e. The summed E-state index contributed by atoms with van der Waals surface area (Å²) in [6.07, 6.45) is 7.67. The second-order valence-electron chi connectivity index (χ2n) is 7.47. The van der Waals surface area contributed by atoms with Gasteiger partial charge in [0, 0.05) is 25.7 Å². The van der Waals surface area contributed by atoms with Crippen molar-refractivity contribution in [2.75, 3.05) is 27.2 Å². The fourth-order valence-electron chi connectivity index (χ4n) is 3.34. The second-order valence-corrected chi connectivity index (χ2v) is 8.90. The number of aromatic nitrogens is 2. The molecule has 1 aliphatic carbocycles. The van der Waals surface area contributed by atoms with Gasteiger partial charge in [-0.05, 0) is 38.4 Å². The van der Waals surface area contributed by atoms with E-state index in [1.807, 2.05) is 79.2 Å². The van der Waals surface area contributed by atoms with Crippen LogP contribution in [0.5, 0.6) is 0 Å². The number of carbonyl (C=O) groups excluding carboxylic acids is 1. The normalized spacial score (nSPS) is 15.5. The number of likely N-dealkylation sites (N-methyl/N-ethyl adjacent to an activating group) is 1. The van der Waals surface area contributed by atoms with Gasteiger partial charge in [0.25, 0.3) is 5.91 Å². The molecule has 1 amide bonds. The van der Waals surface area contributed by atoms with E-state index in [0.717, 1.165) is 33.9 Å². The predicted molar refractivity (Wildman–Crippen MR) is 124 cm³/mol. The lowest BCUT2D eigenvalue weighted by Crippen LogP contribution is -2.37. The van der Waals surface area contributed by atoms with Crippen LogP contribution in [0, 0.1) is 0 Å². The van der Waals surface area contributed by atoms with Gasteiger partial charge in [0.05, 0.1) is 32.4 Å². The Hall–Kier alpha value is -2.50. The molecule has 4 rings (SSSR count). The number of hydrogen-bond donors (Lipinski definition) is 0. The number of hydrogen-bond acceptors (Lipinski definition) is 4. The third kappa shape index (κ3) is 4.18. The minimum absolute atomic E-state index is 0.0842. The van der Waals surface area contributed by atoms with Crippen molar-refractivity contribution in [3.05, 3.63) is 80.5 Å². The Balaban J connectivity index is 1.66. The first kappa shape index (κ1) is 20.8. The quantitative estimate of drug-likeness (QED) is 0.634. The van der Waals surface area contributed by atoms with Crippen LogP contribution in [0.4, 0.5) is 0 Å². The summed E-state index contributed by atoms with van der Waals surface area (Å²) in [6.45, 7) is 1.74. The molecule has 0 saturated heterocycles. The monoisotopic (exact) mass is 438 g/mol. The van der Waals surface area contributed by atoms with Gasteiger partial charge in [0.1, 0.15) is 5.82 Å². The number of halogens is 1. The van der Waals surface area contributed by atoms with Gasteiger partial charge < -0.3 is 14.4 Å². The first-order chi connectivity index (χ1) is 14.4. The molecule has 0 radical (unpaired) electrons. The zero-order chi connectivity index (χ0) is 21.3. The van der Waals surface area contributed by atoms with Crippen LogP contribution in [-0.4, -0.2) is 52.4 Å². The molecule has 0 atom stereocenters. The summed E-state index contributed by atoms with van der Waals surface area (Å²) in [4.78, 5) is 23.7. The van der Waals surface area contributed by atoms with Crippen LogP contribution in [0.1, 0.15) is 5.82 Å². The van der Waals surface area contributed by atoms with E-state index >= 15 is 0 Å². The molecule has 7 heteroatoms. The van der Waals surface area contributed by atoms with E-state index in [9.17, 15) is 4.79 Å². The number of thioether (sulfide) groups is 1. The summed E-state index contributed by atoms with van der Waals surface area (Å²) in [5.41, 5.74) is 5.97. The van der Waals surface area contributed by atoms with E-state index in [-0.39, 0.29) is 5.91 Å². The number of aryl methyl sites for hydroxylation is 1. The van der Waals surface area contributed by atoms with Crippen LogP contribution in [0.2, 0.25) is 0 Å². The van der Waals surface area contributed by atoms with Crippen molar-refractivity contribution in [1.82, 2.24) is 19.4 Å². The molecule has 1 aromatic heterocycles. The van der Waals surface area contributed by atoms with Gasteiger partial charge >= 0.3 is 0 Å². The van der Waals surface area contributed by atoms with E-state index in [2.05, 4.69) is 10.6 Å². The molecular weight excluding hydrogens is 416 g/mol. The van der Waals surface area contributed by atoms with Crippen LogP contribution < -0.4 is 0 Å². The minimum atomic E-state index is -0.0842. The number of allylic oxidation sites excluding steroid dienone is 5. The lowest BCUT2D eigenvalue weighted by molar-refractivity contribution is -0.127. The van der Waals surface area contributed by atoms with Gasteiger partial charge in [-0.2, -0.15) is 0 Å². The Bertz CT molecular complexity index is 1170. The van der Waals surface area contributed by atoms with Gasteiger partial charge in [0.15, 0.2) is 0 Å². The number of nitrogens with zero attached hydrogens (tertiary/aromatic N) is 4. The zero-order valence-corrected chi connectivity index (χ0v) is 18.8. The Morgan fingerprint density at radius 1 is 1.20 bits per heavy atom. The van der Waals surface area contributed by atoms with E-state index in [1.165, 1.54) is 11.8 Å². The zero-order valence-electron chi connectivity index (χ0n) is 17.2. The standard InChI is InChI=1S/C23H23ClN4OS/c1-26(2)12-13-28(15-20-25-18-10-6-7-11-19(18)27(20)3)23(29)22-21(24)16-8-4-5-9-17(14-16)30-22/h4-11H,12-13,15H2,1-3H3. The summed E-state index contributed by atoms with van der Waals surface area (Å²) >= 11 is 7.98. The third-order valence-electron chi connectivity index (χ3n) is 5.04. The van der Waals surface area contributed by atoms with E-state index in [1.54, 1.807) is 0 Å². The number of para-hydroxylation sites is 2. The van der Waals surface area contributed by atoms with Crippen molar-refractivity contribution in [1.29, 1.82) is 0 Å². The van der Waals surface area contributed by atoms with Crippen molar-refractivity contribution in [3.63, 3.8) is 0 Å². The third-order valence-corrected chi connectivity index (χ3v) is 6.58. The SMILES string of the molecule is CN(C)CCN(Cc1nc2ccccc2n1C)C(=O)C1=C(Cl)C2=C=C(C=CC=C2)S1. The van der Waals surface area contributed by atoms with Crippen LogP contribution in [0.25, 0.3) is 11.0 Å². The highest BCUT2D eigenvalue weighted by atomic mass is 35.5. The number of imidazole rings is 1. The molecule has 1 aromatic carbocycles. The molecular formula is C23H23ClN4OS. The summed E-state index contributed by atoms with van der Waals surface area (Å²) in [5, 5.41) is 0.452. The Morgan fingerprint density at radius 3 is 2.73 bits per heavy atom. The van der Waals surface area contributed by atoms with Crippen molar-refractivity contribution in [2.24, 2.45) is 7.05 Å². The topological polar surface area (TPSA) is 41.4 Å². The van der Waals surface area contributed by atoms with Gasteiger partial charge in [-0.25, -0.2) is 4.98 Å². The highest BCUT2D eigenvalue weighted by Gasteiger charge is 2.27. The molecule has 1 aliphatic heterocycles. The van der Waals surface area contributed by atoms with Gasteiger partial charge in [-0.15, -0.1) is 0 Å². The molecule has 30 heavy (non-hydrogen) atoms. The van der Waals surface area contributed by atoms with Gasteiger partial charge in [0.2, 0.25) is 0 Å². The highest BCUT2D eigenvalue weighted by Crippen LogP contribution is 2.39. The average molecular weight is 439 g/mol. The van der Waals surface area contributed by atoms with Crippen LogP contribution in [0.3, 0.4) is 0 Å². The summed E-state index contributed by atoms with van der Waals surface area (Å²) in [7, 11) is 5.98. The molecule has 2 aliphatic rings. The summed E-state index contributed by atoms with van der Waals surface area (Å²) < 4.78 is 2.05.